The summed E-state index contributed by atoms with van der Waals surface area (Å²) >= 11 is 3.42. The van der Waals surface area contributed by atoms with Crippen LogP contribution < -0.4 is 5.73 Å². The minimum Gasteiger partial charge on any atom is -0.369 e. The van der Waals surface area contributed by atoms with Gasteiger partial charge in [0.2, 0.25) is 5.91 Å². The Bertz CT molecular complexity index is 1080. The van der Waals surface area contributed by atoms with Gasteiger partial charge in [-0.3, -0.25) is 9.59 Å². The molecule has 3 aromatic carbocycles. The van der Waals surface area contributed by atoms with Gasteiger partial charge in [0.05, 0.1) is 0 Å². The Morgan fingerprint density at radius 3 is 2.03 bits per heavy atom. The topological polar surface area (TPSA) is 63.4 Å². The van der Waals surface area contributed by atoms with E-state index in [2.05, 4.69) is 27.9 Å². The second kappa shape index (κ2) is 10.7. The highest BCUT2D eigenvalue weighted by Crippen LogP contribution is 2.47. The third kappa shape index (κ3) is 4.73. The zero-order valence-electron chi connectivity index (χ0n) is 19.5. The number of nitrogens with two attached hydrogens (primary N) is 1. The number of amides is 1. The van der Waals surface area contributed by atoms with Gasteiger partial charge in [0.15, 0.2) is 5.78 Å². The predicted molar refractivity (Wildman–Crippen MR) is 140 cm³/mol. The molecule has 1 aliphatic rings. The lowest BCUT2D eigenvalue weighted by molar-refractivity contribution is -0.124. The Kier molecular flexibility index (Phi) is 7.64. The zero-order valence-corrected chi connectivity index (χ0v) is 21.1. The molecule has 1 saturated heterocycles. The molecule has 1 aliphatic heterocycles. The first-order chi connectivity index (χ1) is 16.4. The lowest BCUT2D eigenvalue weighted by Crippen LogP contribution is -2.52. The molecule has 0 aliphatic carbocycles. The lowest BCUT2D eigenvalue weighted by Gasteiger charge is -2.41. The van der Waals surface area contributed by atoms with Crippen LogP contribution in [0.1, 0.15) is 47.2 Å². The van der Waals surface area contributed by atoms with E-state index in [4.69, 9.17) is 5.73 Å². The van der Waals surface area contributed by atoms with E-state index in [0.29, 0.717) is 6.42 Å². The van der Waals surface area contributed by atoms with Gasteiger partial charge in [0.1, 0.15) is 5.41 Å². The second-order valence-electron chi connectivity index (χ2n) is 9.17. The zero-order chi connectivity index (χ0) is 24.1. The molecule has 0 radical (unpaired) electrons. The van der Waals surface area contributed by atoms with Gasteiger partial charge in [0.25, 0.3) is 0 Å². The number of hydrogen-bond donors (Lipinski definition) is 1. The van der Waals surface area contributed by atoms with Crippen molar-refractivity contribution < 1.29 is 9.59 Å². The van der Waals surface area contributed by atoms with Crippen LogP contribution in [0.15, 0.2) is 89.4 Å². The fourth-order valence-corrected chi connectivity index (χ4v) is 5.92. The van der Waals surface area contributed by atoms with E-state index in [9.17, 15) is 9.59 Å². The van der Waals surface area contributed by atoms with E-state index in [1.807, 2.05) is 84.9 Å². The van der Waals surface area contributed by atoms with Crippen LogP contribution in [0.3, 0.4) is 0 Å². The summed E-state index contributed by atoms with van der Waals surface area (Å²) in [6, 6.07) is 27.6. The molecule has 3 aromatic rings. The molecule has 5 heteroatoms. The number of likely N-dealkylation sites (tertiary alicyclic amines) is 1. The monoisotopic (exact) mass is 518 g/mol. The van der Waals surface area contributed by atoms with Crippen molar-refractivity contribution in [1.82, 2.24) is 4.90 Å². The van der Waals surface area contributed by atoms with E-state index in [-0.39, 0.29) is 23.7 Å². The highest BCUT2D eigenvalue weighted by molar-refractivity contribution is 9.10. The van der Waals surface area contributed by atoms with Gasteiger partial charge in [-0.25, -0.2) is 0 Å². The Labute approximate surface area is 210 Å². The van der Waals surface area contributed by atoms with Crippen LogP contribution in [0, 0.1) is 5.92 Å². The quantitative estimate of drug-likeness (QED) is 0.375. The van der Waals surface area contributed by atoms with Gasteiger partial charge in [-0.1, -0.05) is 88.7 Å². The third-order valence-electron chi connectivity index (χ3n) is 7.30. The largest absolute Gasteiger partial charge is 0.369 e. The third-order valence-corrected chi connectivity index (χ3v) is 7.83. The molecule has 0 saturated carbocycles. The average molecular weight is 519 g/mol. The molecule has 0 bridgehead atoms. The normalized spacial score (nSPS) is 18.6. The van der Waals surface area contributed by atoms with Gasteiger partial charge in [-0.05, 0) is 62.0 Å². The number of nitrogens with zero attached hydrogens (tertiary/aromatic N) is 1. The Morgan fingerprint density at radius 1 is 0.941 bits per heavy atom. The molecule has 0 aromatic heterocycles. The number of carbonyl (C=O) groups is 2. The lowest BCUT2D eigenvalue weighted by atomic mass is 9.62. The highest BCUT2D eigenvalue weighted by atomic mass is 79.9. The number of halogens is 1. The van der Waals surface area contributed by atoms with Crippen molar-refractivity contribution in [3.8, 4) is 0 Å². The van der Waals surface area contributed by atoms with Gasteiger partial charge in [-0.15, -0.1) is 0 Å². The van der Waals surface area contributed by atoms with Gasteiger partial charge >= 0.3 is 0 Å². The van der Waals surface area contributed by atoms with Crippen LogP contribution in [-0.4, -0.2) is 36.2 Å². The van der Waals surface area contributed by atoms with Crippen LogP contribution >= 0.6 is 15.9 Å². The molecular weight excluding hydrogens is 488 g/mol. The van der Waals surface area contributed by atoms with E-state index < -0.39 is 5.41 Å². The van der Waals surface area contributed by atoms with Crippen molar-refractivity contribution in [2.75, 3.05) is 13.6 Å². The molecule has 1 amide bonds. The first-order valence-electron chi connectivity index (χ1n) is 11.8. The van der Waals surface area contributed by atoms with E-state index >= 15 is 0 Å². The average Bonchev–Trinajstić information content (AvgIpc) is 3.21. The van der Waals surface area contributed by atoms with E-state index in [1.165, 1.54) is 0 Å². The molecule has 1 heterocycles. The van der Waals surface area contributed by atoms with Crippen molar-refractivity contribution in [2.24, 2.45) is 11.7 Å². The maximum Gasteiger partial charge on any atom is 0.232 e. The van der Waals surface area contributed by atoms with Gasteiger partial charge < -0.3 is 10.6 Å². The number of ketones is 1. The molecule has 4 rings (SSSR count). The molecule has 4 nitrogen and oxygen atoms in total. The Hall–Kier alpha value is -2.76. The van der Waals surface area contributed by atoms with Gasteiger partial charge in [-0.2, -0.15) is 0 Å². The minimum atomic E-state index is -0.923. The molecule has 2 unspecified atom stereocenters. The summed E-state index contributed by atoms with van der Waals surface area (Å²) in [5.74, 6) is -0.152. The molecule has 1 fully saturated rings. The molecular formula is C29H31BrN2O2. The number of rotatable bonds is 9. The SMILES string of the molecule is CN1CCC(C(C(N)=O)(c2ccccc2)c2ccccc2)C1CCCC(=O)c1ccc(Br)cc1. The van der Waals surface area contributed by atoms with E-state index in [1.54, 1.807) is 0 Å². The standard InChI is InChI=1S/C29H31BrN2O2/c1-32-20-19-25(26(32)13-8-14-27(33)21-15-17-24(30)18-16-21)29(28(31)34,22-9-4-2-5-10-22)23-11-6-3-7-12-23/h2-7,9-12,15-18,25-26H,8,13-14,19-20H2,1H3,(H2,31,34). The summed E-state index contributed by atoms with van der Waals surface area (Å²) in [4.78, 5) is 28.5. The summed E-state index contributed by atoms with van der Waals surface area (Å²) in [7, 11) is 2.11. The summed E-state index contributed by atoms with van der Waals surface area (Å²) in [6.45, 7) is 0.894. The molecule has 176 valence electrons. The van der Waals surface area contributed by atoms with Crippen LogP contribution in [0.25, 0.3) is 0 Å². The van der Waals surface area contributed by atoms with E-state index in [0.717, 1.165) is 47.0 Å². The van der Waals surface area contributed by atoms with Gasteiger partial charge in [0, 0.05) is 22.5 Å². The number of primary amides is 1. The number of Topliss-reactive ketones (excluding diaryl/α,β-unsaturated/α-hetero) is 1. The smallest absolute Gasteiger partial charge is 0.232 e. The summed E-state index contributed by atoms with van der Waals surface area (Å²) < 4.78 is 0.962. The molecule has 2 N–H and O–H groups in total. The number of benzene rings is 3. The van der Waals surface area contributed by atoms with Crippen LogP contribution in [0.5, 0.6) is 0 Å². The van der Waals surface area contributed by atoms with Crippen molar-refractivity contribution in [1.29, 1.82) is 0 Å². The van der Waals surface area contributed by atoms with Crippen molar-refractivity contribution >= 4 is 27.6 Å². The van der Waals surface area contributed by atoms with Crippen molar-refractivity contribution in [3.63, 3.8) is 0 Å². The predicted octanol–water partition coefficient (Wildman–Crippen LogP) is 5.59. The Balaban J connectivity index is 1.62. The fourth-order valence-electron chi connectivity index (χ4n) is 5.65. The number of carbonyl (C=O) groups excluding carboxylic acids is 2. The van der Waals surface area contributed by atoms with Crippen LogP contribution in [-0.2, 0) is 10.2 Å². The fraction of sp³-hybridized carbons (Fsp3) is 0.310. The van der Waals surface area contributed by atoms with Crippen LogP contribution in [0.2, 0.25) is 0 Å². The highest BCUT2D eigenvalue weighted by Gasteiger charge is 2.52. The molecule has 2 atom stereocenters. The summed E-state index contributed by atoms with van der Waals surface area (Å²) in [5, 5.41) is 0. The Morgan fingerprint density at radius 2 is 1.50 bits per heavy atom. The van der Waals surface area contributed by atoms with Crippen molar-refractivity contribution in [3.05, 3.63) is 106 Å². The summed E-state index contributed by atoms with van der Waals surface area (Å²) in [5.41, 5.74) is 7.96. The maximum absolute atomic E-state index is 13.4. The maximum atomic E-state index is 13.4. The first kappa shape index (κ1) is 24.4. The van der Waals surface area contributed by atoms with Crippen LogP contribution in [0.4, 0.5) is 0 Å². The first-order valence-corrected chi connectivity index (χ1v) is 12.6. The number of hydrogen-bond acceptors (Lipinski definition) is 3. The molecule has 0 spiro atoms. The minimum absolute atomic E-state index is 0.0163. The second-order valence-corrected chi connectivity index (χ2v) is 10.1. The summed E-state index contributed by atoms with van der Waals surface area (Å²) in [6.07, 6.45) is 2.95. The molecule has 34 heavy (non-hydrogen) atoms. The van der Waals surface area contributed by atoms with Crippen molar-refractivity contribution in [2.45, 2.75) is 37.1 Å².